The van der Waals surface area contributed by atoms with Gasteiger partial charge >= 0.3 is 0 Å². The van der Waals surface area contributed by atoms with Crippen LogP contribution in [-0.4, -0.2) is 28.7 Å². The number of benzene rings is 1. The zero-order valence-corrected chi connectivity index (χ0v) is 13.8. The topological polar surface area (TPSA) is 20.3 Å². The van der Waals surface area contributed by atoms with Gasteiger partial charge in [0, 0.05) is 22.4 Å². The van der Waals surface area contributed by atoms with Crippen molar-refractivity contribution in [2.45, 2.75) is 25.3 Å². The molecule has 0 aromatic heterocycles. The fraction of sp³-hybridized carbons (Fsp3) is 0.462. The van der Waals surface area contributed by atoms with Gasteiger partial charge in [0.2, 0.25) is 0 Å². The van der Waals surface area contributed by atoms with E-state index in [0.717, 1.165) is 29.2 Å². The summed E-state index contributed by atoms with van der Waals surface area (Å²) in [5.74, 6) is 0.0328. The average Bonchev–Trinajstić information content (AvgIpc) is 2.41. The average molecular weight is 396 g/mol. The molecule has 0 aliphatic carbocycles. The summed E-state index contributed by atoms with van der Waals surface area (Å²) in [7, 11) is 0. The summed E-state index contributed by atoms with van der Waals surface area (Å²) >= 11 is 13.0. The van der Waals surface area contributed by atoms with Gasteiger partial charge in [0.25, 0.3) is 5.91 Å². The Balaban J connectivity index is 2.27. The number of hydrogen-bond donors (Lipinski definition) is 0. The Hall–Kier alpha value is -0.0600. The first-order valence-corrected chi connectivity index (χ1v) is 8.25. The third-order valence-corrected chi connectivity index (χ3v) is 5.29. The summed E-state index contributed by atoms with van der Waals surface area (Å²) in [6.07, 6.45) is 3.32. The molecule has 1 atom stereocenters. The molecule has 1 aliphatic rings. The van der Waals surface area contributed by atoms with Crippen LogP contribution in [0.3, 0.4) is 0 Å². The van der Waals surface area contributed by atoms with Crippen molar-refractivity contribution < 1.29 is 4.79 Å². The molecule has 0 radical (unpaired) electrons. The van der Waals surface area contributed by atoms with Crippen LogP contribution in [0.4, 0.5) is 0 Å². The smallest absolute Gasteiger partial charge is 0.255 e. The molecule has 1 unspecified atom stereocenters. The van der Waals surface area contributed by atoms with E-state index in [9.17, 15) is 4.79 Å². The van der Waals surface area contributed by atoms with Gasteiger partial charge in [-0.15, -0.1) is 0 Å². The molecule has 18 heavy (non-hydrogen) atoms. The maximum Gasteiger partial charge on any atom is 0.255 e. The predicted molar refractivity (Wildman–Crippen MR) is 81.6 cm³/mol. The van der Waals surface area contributed by atoms with Gasteiger partial charge in [-0.2, -0.15) is 0 Å². The van der Waals surface area contributed by atoms with E-state index in [-0.39, 0.29) is 11.9 Å². The number of piperidine rings is 1. The van der Waals surface area contributed by atoms with Gasteiger partial charge in [-0.05, 0) is 47.3 Å². The second kappa shape index (κ2) is 6.40. The summed E-state index contributed by atoms with van der Waals surface area (Å²) < 4.78 is 0.766. The molecule has 0 N–H and O–H groups in total. The lowest BCUT2D eigenvalue weighted by Crippen LogP contribution is -2.44. The van der Waals surface area contributed by atoms with Crippen molar-refractivity contribution in [3.63, 3.8) is 0 Å². The lowest BCUT2D eigenvalue weighted by Gasteiger charge is -2.35. The predicted octanol–water partition coefficient (Wildman–Crippen LogP) is 4.49. The highest BCUT2D eigenvalue weighted by Gasteiger charge is 2.28. The fourth-order valence-corrected chi connectivity index (χ4v) is 3.50. The molecule has 1 aromatic carbocycles. The normalized spacial score (nSPS) is 19.9. The van der Waals surface area contributed by atoms with Crippen LogP contribution >= 0.6 is 43.5 Å². The molecule has 2 nitrogen and oxygen atoms in total. The Labute approximate surface area is 129 Å². The second-order valence-corrected chi connectivity index (χ2v) is 6.28. The van der Waals surface area contributed by atoms with Gasteiger partial charge in [-0.25, -0.2) is 0 Å². The zero-order valence-electron chi connectivity index (χ0n) is 9.83. The Kier molecular flexibility index (Phi) is 5.10. The first-order valence-electron chi connectivity index (χ1n) is 5.96. The molecule has 1 aliphatic heterocycles. The lowest BCUT2D eigenvalue weighted by atomic mass is 10.0. The van der Waals surface area contributed by atoms with E-state index in [0.29, 0.717) is 10.6 Å². The number of carbonyl (C=O) groups excluding carboxylic acids is 1. The second-order valence-electron chi connectivity index (χ2n) is 4.40. The Morgan fingerprint density at radius 3 is 2.94 bits per heavy atom. The largest absolute Gasteiger partial charge is 0.335 e. The van der Waals surface area contributed by atoms with E-state index in [4.69, 9.17) is 11.6 Å². The van der Waals surface area contributed by atoms with Gasteiger partial charge in [-0.1, -0.05) is 33.6 Å². The SMILES string of the molecule is O=C(c1cccc(Br)c1Cl)N1CCCCC1CBr. The van der Waals surface area contributed by atoms with Crippen molar-refractivity contribution in [1.82, 2.24) is 4.90 Å². The summed E-state index contributed by atoms with van der Waals surface area (Å²) in [5.41, 5.74) is 0.582. The molecule has 1 saturated heterocycles. The molecule has 1 aromatic rings. The van der Waals surface area contributed by atoms with Crippen molar-refractivity contribution in [1.29, 1.82) is 0 Å². The highest BCUT2D eigenvalue weighted by molar-refractivity contribution is 9.10. The van der Waals surface area contributed by atoms with Gasteiger partial charge in [0.05, 0.1) is 10.6 Å². The number of alkyl halides is 1. The number of halogens is 3. The minimum atomic E-state index is 0.0328. The van der Waals surface area contributed by atoms with Crippen molar-refractivity contribution in [3.05, 3.63) is 33.3 Å². The number of amides is 1. The molecule has 98 valence electrons. The minimum absolute atomic E-state index is 0.0328. The minimum Gasteiger partial charge on any atom is -0.335 e. The molecule has 1 amide bonds. The number of rotatable bonds is 2. The molecule has 0 spiro atoms. The maximum atomic E-state index is 12.5. The third kappa shape index (κ3) is 2.91. The van der Waals surface area contributed by atoms with Crippen LogP contribution < -0.4 is 0 Å². The van der Waals surface area contributed by atoms with Gasteiger partial charge in [0.1, 0.15) is 0 Å². The highest BCUT2D eigenvalue weighted by atomic mass is 79.9. The molecular formula is C13H14Br2ClNO. The monoisotopic (exact) mass is 393 g/mol. The van der Waals surface area contributed by atoms with Crippen molar-refractivity contribution in [3.8, 4) is 0 Å². The van der Waals surface area contributed by atoms with Crippen LogP contribution in [0.5, 0.6) is 0 Å². The molecular weight excluding hydrogens is 381 g/mol. The van der Waals surface area contributed by atoms with Crippen molar-refractivity contribution >= 4 is 49.4 Å². The quantitative estimate of drug-likeness (QED) is 0.676. The van der Waals surface area contributed by atoms with E-state index in [1.165, 1.54) is 6.42 Å². The van der Waals surface area contributed by atoms with E-state index in [1.54, 1.807) is 6.07 Å². The van der Waals surface area contributed by atoms with E-state index < -0.39 is 0 Å². The standard InChI is InChI=1S/C13H14Br2ClNO/c14-8-9-4-1-2-7-17(9)13(18)10-5-3-6-11(15)12(10)16/h3,5-6,9H,1-2,4,7-8H2. The molecule has 1 fully saturated rings. The zero-order chi connectivity index (χ0) is 13.1. The highest BCUT2D eigenvalue weighted by Crippen LogP contribution is 2.29. The molecule has 5 heteroatoms. The molecule has 1 heterocycles. The third-order valence-electron chi connectivity index (χ3n) is 3.25. The van der Waals surface area contributed by atoms with E-state index in [1.807, 2.05) is 17.0 Å². The number of carbonyl (C=O) groups is 1. The van der Waals surface area contributed by atoms with Gasteiger partial charge in [0.15, 0.2) is 0 Å². The number of hydrogen-bond acceptors (Lipinski definition) is 1. The first kappa shape index (κ1) is 14.4. The van der Waals surface area contributed by atoms with Gasteiger partial charge in [-0.3, -0.25) is 4.79 Å². The van der Waals surface area contributed by atoms with Crippen molar-refractivity contribution in [2.75, 3.05) is 11.9 Å². The Morgan fingerprint density at radius 1 is 1.44 bits per heavy atom. The first-order chi connectivity index (χ1) is 8.65. The van der Waals surface area contributed by atoms with Crippen LogP contribution in [0.1, 0.15) is 29.6 Å². The Bertz CT molecular complexity index is 453. The molecule has 0 bridgehead atoms. The maximum absolute atomic E-state index is 12.5. The number of nitrogens with zero attached hydrogens (tertiary/aromatic N) is 1. The lowest BCUT2D eigenvalue weighted by molar-refractivity contribution is 0.0642. The van der Waals surface area contributed by atoms with Crippen LogP contribution in [0.15, 0.2) is 22.7 Å². The van der Waals surface area contributed by atoms with E-state index >= 15 is 0 Å². The number of likely N-dealkylation sites (tertiary alicyclic amines) is 1. The summed E-state index contributed by atoms with van der Waals surface area (Å²) in [5, 5.41) is 1.33. The summed E-state index contributed by atoms with van der Waals surface area (Å²) in [4.78, 5) is 14.5. The van der Waals surface area contributed by atoms with Crippen LogP contribution in [-0.2, 0) is 0 Å². The molecule has 2 rings (SSSR count). The van der Waals surface area contributed by atoms with E-state index in [2.05, 4.69) is 31.9 Å². The Morgan fingerprint density at radius 2 is 2.22 bits per heavy atom. The van der Waals surface area contributed by atoms with Crippen LogP contribution in [0.25, 0.3) is 0 Å². The summed E-state index contributed by atoms with van der Waals surface area (Å²) in [6.45, 7) is 0.817. The van der Waals surface area contributed by atoms with Gasteiger partial charge < -0.3 is 4.90 Å². The fourth-order valence-electron chi connectivity index (χ4n) is 2.25. The van der Waals surface area contributed by atoms with Crippen LogP contribution in [0.2, 0.25) is 5.02 Å². The molecule has 0 saturated carbocycles. The summed E-state index contributed by atoms with van der Waals surface area (Å²) in [6, 6.07) is 5.75. The van der Waals surface area contributed by atoms with Crippen molar-refractivity contribution in [2.24, 2.45) is 0 Å². The van der Waals surface area contributed by atoms with Crippen LogP contribution in [0, 0.1) is 0 Å².